The molecule has 11 heteroatoms. The van der Waals surface area contributed by atoms with E-state index in [9.17, 15) is 18.4 Å². The van der Waals surface area contributed by atoms with Crippen molar-refractivity contribution in [3.05, 3.63) is 59.7 Å². The predicted molar refractivity (Wildman–Crippen MR) is 109 cm³/mol. The molecule has 0 atom stereocenters. The Kier molecular flexibility index (Phi) is 7.42. The molecule has 0 saturated heterocycles. The van der Waals surface area contributed by atoms with Crippen LogP contribution in [0.3, 0.4) is 0 Å². The first-order valence-electron chi connectivity index (χ1n) is 9.70. The molecule has 1 aromatic heterocycles. The monoisotopic (exact) mass is 445 g/mol. The summed E-state index contributed by atoms with van der Waals surface area (Å²) >= 11 is 0. The summed E-state index contributed by atoms with van der Waals surface area (Å²) in [5.41, 5.74) is 1.62. The smallest absolute Gasteiger partial charge is 0.387 e. The van der Waals surface area contributed by atoms with E-state index < -0.39 is 12.6 Å². The van der Waals surface area contributed by atoms with Gasteiger partial charge in [0.2, 0.25) is 11.7 Å². The summed E-state index contributed by atoms with van der Waals surface area (Å²) < 4.78 is 33.8. The van der Waals surface area contributed by atoms with Crippen molar-refractivity contribution in [2.24, 2.45) is 0 Å². The van der Waals surface area contributed by atoms with Gasteiger partial charge in [0.1, 0.15) is 12.3 Å². The van der Waals surface area contributed by atoms with E-state index in [2.05, 4.69) is 25.5 Å². The third-order valence-corrected chi connectivity index (χ3v) is 4.08. The maximum Gasteiger partial charge on any atom is 0.387 e. The number of hydrogen-bond donors (Lipinski definition) is 1. The third kappa shape index (κ3) is 6.56. The number of aromatic nitrogens is 4. The summed E-state index contributed by atoms with van der Waals surface area (Å²) in [5, 5.41) is 14.6. The van der Waals surface area contributed by atoms with Gasteiger partial charge in [-0.3, -0.25) is 4.79 Å². The third-order valence-electron chi connectivity index (χ3n) is 4.08. The molecule has 9 nitrogen and oxygen atoms in total. The summed E-state index contributed by atoms with van der Waals surface area (Å²) in [7, 11) is 0. The molecule has 0 aliphatic rings. The average molecular weight is 445 g/mol. The Bertz CT molecular complexity index is 1070. The second-order valence-electron chi connectivity index (χ2n) is 6.98. The van der Waals surface area contributed by atoms with E-state index in [-0.39, 0.29) is 36.7 Å². The van der Waals surface area contributed by atoms with Gasteiger partial charge in [0.05, 0.1) is 11.7 Å². The topological polar surface area (TPSA) is 108 Å². The molecular formula is C21H21F2N5O4. The number of carbonyl (C=O) groups is 2. The fraction of sp³-hybridized carbons (Fsp3) is 0.286. The first-order chi connectivity index (χ1) is 15.3. The Morgan fingerprint density at radius 2 is 1.88 bits per heavy atom. The first-order valence-corrected chi connectivity index (χ1v) is 9.70. The van der Waals surface area contributed by atoms with Crippen LogP contribution >= 0.6 is 0 Å². The van der Waals surface area contributed by atoms with Crippen LogP contribution in [0, 0.1) is 0 Å². The molecule has 0 aliphatic carbocycles. The van der Waals surface area contributed by atoms with Gasteiger partial charge in [-0.2, -0.15) is 13.6 Å². The maximum atomic E-state index is 12.2. The largest absolute Gasteiger partial charge is 0.459 e. The van der Waals surface area contributed by atoms with Crippen LogP contribution in [0.4, 0.5) is 8.78 Å². The van der Waals surface area contributed by atoms with E-state index in [4.69, 9.17) is 4.74 Å². The molecule has 0 fully saturated rings. The van der Waals surface area contributed by atoms with E-state index in [1.54, 1.807) is 50.2 Å². The number of ether oxygens (including phenoxy) is 2. The summed E-state index contributed by atoms with van der Waals surface area (Å²) in [6.45, 7) is 0.648. The van der Waals surface area contributed by atoms with Gasteiger partial charge >= 0.3 is 12.6 Å². The summed E-state index contributed by atoms with van der Waals surface area (Å²) in [6, 6.07) is 12.5. The van der Waals surface area contributed by atoms with Gasteiger partial charge in [-0.05, 0) is 48.9 Å². The lowest BCUT2D eigenvalue weighted by atomic mass is 10.1. The molecule has 1 heterocycles. The zero-order valence-corrected chi connectivity index (χ0v) is 17.4. The van der Waals surface area contributed by atoms with Crippen LogP contribution in [0.25, 0.3) is 11.4 Å². The molecule has 32 heavy (non-hydrogen) atoms. The van der Waals surface area contributed by atoms with Crippen molar-refractivity contribution in [3.63, 3.8) is 0 Å². The van der Waals surface area contributed by atoms with Crippen molar-refractivity contribution in [3.8, 4) is 17.1 Å². The van der Waals surface area contributed by atoms with Gasteiger partial charge in [0.25, 0.3) is 0 Å². The lowest BCUT2D eigenvalue weighted by Crippen LogP contribution is -2.28. The van der Waals surface area contributed by atoms with Gasteiger partial charge in [-0.1, -0.05) is 24.3 Å². The van der Waals surface area contributed by atoms with Crippen molar-refractivity contribution in [1.82, 2.24) is 25.5 Å². The first kappa shape index (κ1) is 22.8. The minimum Gasteiger partial charge on any atom is -0.459 e. The maximum absolute atomic E-state index is 12.2. The summed E-state index contributed by atoms with van der Waals surface area (Å²) in [5.74, 6) is -0.527. The van der Waals surface area contributed by atoms with Crippen LogP contribution in [0.1, 0.15) is 29.8 Å². The highest BCUT2D eigenvalue weighted by atomic mass is 19.3. The Balaban J connectivity index is 1.56. The number of esters is 1. The minimum absolute atomic E-state index is 0.0379. The molecule has 1 amide bonds. The van der Waals surface area contributed by atoms with Crippen molar-refractivity contribution in [2.45, 2.75) is 39.7 Å². The van der Waals surface area contributed by atoms with Crippen molar-refractivity contribution in [2.75, 3.05) is 0 Å². The average Bonchev–Trinajstić information content (AvgIpc) is 3.21. The Morgan fingerprint density at radius 3 is 2.56 bits per heavy atom. The van der Waals surface area contributed by atoms with Crippen molar-refractivity contribution >= 4 is 11.9 Å². The molecule has 0 saturated carbocycles. The second-order valence-corrected chi connectivity index (χ2v) is 6.98. The Labute approximate surface area is 182 Å². The van der Waals surface area contributed by atoms with Crippen LogP contribution in [0.5, 0.6) is 5.75 Å². The number of amides is 1. The molecule has 2 aromatic carbocycles. The zero-order valence-electron chi connectivity index (χ0n) is 17.4. The molecule has 3 aromatic rings. The van der Waals surface area contributed by atoms with E-state index in [0.29, 0.717) is 16.7 Å². The fourth-order valence-corrected chi connectivity index (χ4v) is 2.67. The molecule has 0 aliphatic heterocycles. The molecule has 3 rings (SSSR count). The van der Waals surface area contributed by atoms with Gasteiger partial charge < -0.3 is 14.8 Å². The minimum atomic E-state index is -2.89. The highest BCUT2D eigenvalue weighted by Gasteiger charge is 2.14. The molecule has 1 N–H and O–H groups in total. The highest BCUT2D eigenvalue weighted by molar-refractivity contribution is 5.90. The zero-order chi connectivity index (χ0) is 23.1. The van der Waals surface area contributed by atoms with Gasteiger partial charge in [-0.15, -0.1) is 10.2 Å². The normalized spacial score (nSPS) is 10.9. The number of halogens is 2. The number of benzene rings is 2. The van der Waals surface area contributed by atoms with Gasteiger partial charge in [-0.25, -0.2) is 4.79 Å². The van der Waals surface area contributed by atoms with Gasteiger partial charge in [0.15, 0.2) is 0 Å². The second kappa shape index (κ2) is 10.4. The quantitative estimate of drug-likeness (QED) is 0.505. The van der Waals surface area contributed by atoms with E-state index in [1.165, 1.54) is 12.1 Å². The van der Waals surface area contributed by atoms with Crippen molar-refractivity contribution in [1.29, 1.82) is 0 Å². The standard InChI is InChI=1S/C21H21F2N5O4/c1-13(2)31-20(30)16-5-3-4-15(10-16)19-25-27-28(26-19)12-18(29)24-11-14-6-8-17(9-7-14)32-21(22)23/h3-10,13,21H,11-12H2,1-2H3,(H,24,29). The molecular weight excluding hydrogens is 424 g/mol. The van der Waals surface area contributed by atoms with Crippen LogP contribution < -0.4 is 10.1 Å². The number of nitrogens with one attached hydrogen (secondary N) is 1. The number of rotatable bonds is 9. The number of carbonyl (C=O) groups excluding carboxylic acids is 2. The van der Waals surface area contributed by atoms with Crippen LogP contribution in [-0.4, -0.2) is 44.8 Å². The van der Waals surface area contributed by atoms with E-state index in [1.807, 2.05) is 0 Å². The highest BCUT2D eigenvalue weighted by Crippen LogP contribution is 2.17. The van der Waals surface area contributed by atoms with Gasteiger partial charge in [0, 0.05) is 12.1 Å². The molecule has 0 radical (unpaired) electrons. The summed E-state index contributed by atoms with van der Waals surface area (Å²) in [4.78, 5) is 25.4. The Morgan fingerprint density at radius 1 is 1.12 bits per heavy atom. The van der Waals surface area contributed by atoms with E-state index in [0.717, 1.165) is 4.80 Å². The molecule has 0 bridgehead atoms. The Hall–Kier alpha value is -3.89. The lowest BCUT2D eigenvalue weighted by Gasteiger charge is -2.08. The van der Waals surface area contributed by atoms with Crippen LogP contribution in [0.15, 0.2) is 48.5 Å². The van der Waals surface area contributed by atoms with Crippen molar-refractivity contribution < 1.29 is 27.8 Å². The molecule has 0 spiro atoms. The van der Waals surface area contributed by atoms with E-state index >= 15 is 0 Å². The van der Waals surface area contributed by atoms with Crippen LogP contribution in [-0.2, 0) is 22.6 Å². The predicted octanol–water partition coefficient (Wildman–Crippen LogP) is 2.82. The molecule has 0 unspecified atom stereocenters. The van der Waals surface area contributed by atoms with Crippen LogP contribution in [0.2, 0.25) is 0 Å². The molecule has 168 valence electrons. The number of hydrogen-bond acceptors (Lipinski definition) is 7. The number of alkyl halides is 2. The summed E-state index contributed by atoms with van der Waals surface area (Å²) in [6.07, 6.45) is -0.243. The number of tetrazole rings is 1. The SMILES string of the molecule is CC(C)OC(=O)c1cccc(-c2nnn(CC(=O)NCc3ccc(OC(F)F)cc3)n2)c1. The fourth-order valence-electron chi connectivity index (χ4n) is 2.67. The number of nitrogens with zero attached hydrogens (tertiary/aromatic N) is 4. The lowest BCUT2D eigenvalue weighted by molar-refractivity contribution is -0.122.